The van der Waals surface area contributed by atoms with E-state index in [0.717, 1.165) is 16.0 Å². The van der Waals surface area contributed by atoms with Crippen molar-refractivity contribution in [2.24, 2.45) is 0 Å². The molecule has 0 spiro atoms. The van der Waals surface area contributed by atoms with Crippen LogP contribution in [0, 0.1) is 0 Å². The highest BCUT2D eigenvalue weighted by molar-refractivity contribution is 8.04. The van der Waals surface area contributed by atoms with E-state index in [2.05, 4.69) is 5.32 Å². The number of hydrogen-bond acceptors (Lipinski definition) is 5. The quantitative estimate of drug-likeness (QED) is 0.348. The van der Waals surface area contributed by atoms with Crippen LogP contribution >= 0.6 is 11.8 Å². The number of hydrogen-bond donors (Lipinski definition) is 1. The van der Waals surface area contributed by atoms with E-state index < -0.39 is 0 Å². The van der Waals surface area contributed by atoms with Crippen LogP contribution in [0.1, 0.15) is 26.5 Å². The van der Waals surface area contributed by atoms with E-state index in [0.29, 0.717) is 33.4 Å². The van der Waals surface area contributed by atoms with Gasteiger partial charge >= 0.3 is 0 Å². The molecule has 1 N–H and O–H groups in total. The molecule has 1 aliphatic heterocycles. The van der Waals surface area contributed by atoms with Crippen molar-refractivity contribution in [2.45, 2.75) is 4.90 Å². The fourth-order valence-corrected chi connectivity index (χ4v) is 4.60. The maximum Gasteiger partial charge on any atom is 0.255 e. The number of Topliss-reactive ketones (excluding diaryl/α,β-unsaturated/α-hetero) is 1. The van der Waals surface area contributed by atoms with Crippen molar-refractivity contribution >= 4 is 35.2 Å². The van der Waals surface area contributed by atoms with Crippen LogP contribution < -0.4 is 10.1 Å². The third-order valence-corrected chi connectivity index (χ3v) is 6.31. The standard InChI is InChI=1S/C27H19NO4S/c1-31-20-9-5-8-19(15-20)28-27(30)18-7-4-6-17(14-18)23-13-12-21(32-23)16-25-26(29)22-10-2-3-11-24(22)33-25/h2-16H,1H3,(H,28,30)/b25-16-. The van der Waals surface area contributed by atoms with Gasteiger partial charge in [-0.05, 0) is 54.6 Å². The summed E-state index contributed by atoms with van der Waals surface area (Å²) in [4.78, 5) is 26.9. The fraction of sp³-hybridized carbons (Fsp3) is 0.0370. The summed E-state index contributed by atoms with van der Waals surface area (Å²) in [6.07, 6.45) is 1.76. The number of carbonyl (C=O) groups is 2. The normalized spacial score (nSPS) is 13.7. The van der Waals surface area contributed by atoms with Gasteiger partial charge in [-0.25, -0.2) is 0 Å². The number of carbonyl (C=O) groups excluding carboxylic acids is 2. The first-order chi connectivity index (χ1) is 16.1. The van der Waals surface area contributed by atoms with Crippen molar-refractivity contribution in [1.29, 1.82) is 0 Å². The topological polar surface area (TPSA) is 68.5 Å². The van der Waals surface area contributed by atoms with E-state index in [4.69, 9.17) is 9.15 Å². The molecule has 1 aliphatic rings. The molecule has 6 heteroatoms. The zero-order valence-corrected chi connectivity index (χ0v) is 18.5. The molecule has 0 fully saturated rings. The van der Waals surface area contributed by atoms with Crippen LogP contribution in [-0.4, -0.2) is 18.8 Å². The summed E-state index contributed by atoms with van der Waals surface area (Å²) in [6, 6.07) is 25.6. The molecule has 0 bridgehead atoms. The van der Waals surface area contributed by atoms with Crippen molar-refractivity contribution in [3.63, 3.8) is 0 Å². The summed E-state index contributed by atoms with van der Waals surface area (Å²) >= 11 is 1.44. The highest BCUT2D eigenvalue weighted by Gasteiger charge is 2.25. The van der Waals surface area contributed by atoms with Crippen LogP contribution in [0.15, 0.2) is 99.1 Å². The maximum absolute atomic E-state index is 12.7. The van der Waals surface area contributed by atoms with E-state index in [1.165, 1.54) is 11.8 Å². The summed E-state index contributed by atoms with van der Waals surface area (Å²) in [5, 5.41) is 2.88. The van der Waals surface area contributed by atoms with Gasteiger partial charge in [0.05, 0.1) is 12.0 Å². The lowest BCUT2D eigenvalue weighted by Crippen LogP contribution is -2.11. The number of ketones is 1. The summed E-state index contributed by atoms with van der Waals surface area (Å²) in [7, 11) is 1.58. The summed E-state index contributed by atoms with van der Waals surface area (Å²) in [5.74, 6) is 1.64. The maximum atomic E-state index is 12.7. The number of ether oxygens (including phenoxy) is 1. The molecular formula is C27H19NO4S. The first kappa shape index (κ1) is 20.8. The van der Waals surface area contributed by atoms with Crippen molar-refractivity contribution in [3.05, 3.63) is 107 Å². The van der Waals surface area contributed by atoms with Gasteiger partial charge in [-0.3, -0.25) is 9.59 Å². The number of furan rings is 1. The van der Waals surface area contributed by atoms with Gasteiger partial charge in [0.2, 0.25) is 5.78 Å². The van der Waals surface area contributed by atoms with E-state index >= 15 is 0 Å². The third kappa shape index (κ3) is 4.33. The number of methoxy groups -OCH3 is 1. The molecule has 3 aromatic carbocycles. The van der Waals surface area contributed by atoms with Gasteiger partial charge in [0, 0.05) is 33.3 Å². The molecule has 0 saturated heterocycles. The van der Waals surface area contributed by atoms with Gasteiger partial charge in [-0.1, -0.05) is 42.1 Å². The Balaban J connectivity index is 1.35. The first-order valence-electron chi connectivity index (χ1n) is 10.3. The molecule has 33 heavy (non-hydrogen) atoms. The smallest absolute Gasteiger partial charge is 0.255 e. The van der Waals surface area contributed by atoms with Gasteiger partial charge in [-0.15, -0.1) is 0 Å². The minimum absolute atomic E-state index is 0.00441. The predicted molar refractivity (Wildman–Crippen MR) is 130 cm³/mol. The van der Waals surface area contributed by atoms with E-state index in [1.807, 2.05) is 60.7 Å². The molecule has 5 rings (SSSR count). The average Bonchev–Trinajstić information content (AvgIpc) is 3.44. The van der Waals surface area contributed by atoms with Gasteiger partial charge in [0.1, 0.15) is 17.3 Å². The third-order valence-electron chi connectivity index (χ3n) is 5.21. The molecule has 5 nitrogen and oxygen atoms in total. The van der Waals surface area contributed by atoms with Crippen LogP contribution in [0.25, 0.3) is 17.4 Å². The fourth-order valence-electron chi connectivity index (χ4n) is 3.57. The Bertz CT molecular complexity index is 1400. The lowest BCUT2D eigenvalue weighted by atomic mass is 10.1. The lowest BCUT2D eigenvalue weighted by Gasteiger charge is -2.08. The van der Waals surface area contributed by atoms with Crippen molar-refractivity contribution < 1.29 is 18.7 Å². The van der Waals surface area contributed by atoms with Crippen LogP contribution in [-0.2, 0) is 0 Å². The molecule has 0 unspecified atom stereocenters. The van der Waals surface area contributed by atoms with Gasteiger partial charge in [0.25, 0.3) is 5.91 Å². The number of allylic oxidation sites excluding steroid dienone is 1. The Morgan fingerprint density at radius 2 is 1.82 bits per heavy atom. The molecule has 162 valence electrons. The van der Waals surface area contributed by atoms with Crippen LogP contribution in [0.4, 0.5) is 5.69 Å². The SMILES string of the molecule is COc1cccc(NC(=O)c2cccc(-c3ccc(/C=C4\Sc5ccccc5C4=O)o3)c2)c1. The molecule has 0 atom stereocenters. The summed E-state index contributed by atoms with van der Waals surface area (Å²) in [5.41, 5.74) is 2.64. The Hall–Kier alpha value is -4.03. The summed E-state index contributed by atoms with van der Waals surface area (Å²) in [6.45, 7) is 0. The zero-order valence-electron chi connectivity index (χ0n) is 17.7. The van der Waals surface area contributed by atoms with Gasteiger partial charge in [-0.2, -0.15) is 0 Å². The van der Waals surface area contributed by atoms with Crippen LogP contribution in [0.2, 0.25) is 0 Å². The van der Waals surface area contributed by atoms with Crippen molar-refractivity contribution in [3.8, 4) is 17.1 Å². The molecule has 0 radical (unpaired) electrons. The number of nitrogens with one attached hydrogen (secondary N) is 1. The van der Waals surface area contributed by atoms with E-state index in [-0.39, 0.29) is 11.7 Å². The minimum Gasteiger partial charge on any atom is -0.497 e. The summed E-state index contributed by atoms with van der Waals surface area (Å²) < 4.78 is 11.2. The zero-order chi connectivity index (χ0) is 22.8. The second-order valence-electron chi connectivity index (χ2n) is 7.40. The molecule has 2 heterocycles. The average molecular weight is 454 g/mol. The first-order valence-corrected chi connectivity index (χ1v) is 11.1. The Labute approximate surface area is 195 Å². The number of thioether (sulfide) groups is 1. The molecular weight excluding hydrogens is 434 g/mol. The lowest BCUT2D eigenvalue weighted by molar-refractivity contribution is 0.102. The Morgan fingerprint density at radius 3 is 2.67 bits per heavy atom. The Morgan fingerprint density at radius 1 is 0.970 bits per heavy atom. The Kier molecular flexibility index (Phi) is 5.59. The highest BCUT2D eigenvalue weighted by Crippen LogP contribution is 2.41. The molecule has 1 amide bonds. The molecule has 0 aliphatic carbocycles. The molecule has 0 saturated carbocycles. The number of anilines is 1. The van der Waals surface area contributed by atoms with Crippen molar-refractivity contribution in [2.75, 3.05) is 12.4 Å². The van der Waals surface area contributed by atoms with Gasteiger partial charge < -0.3 is 14.5 Å². The van der Waals surface area contributed by atoms with Crippen molar-refractivity contribution in [1.82, 2.24) is 0 Å². The second-order valence-corrected chi connectivity index (χ2v) is 8.49. The number of benzene rings is 3. The second kappa shape index (κ2) is 8.84. The monoisotopic (exact) mass is 453 g/mol. The number of fused-ring (bicyclic) bond motifs is 1. The molecule has 4 aromatic rings. The largest absolute Gasteiger partial charge is 0.497 e. The van der Waals surface area contributed by atoms with Crippen LogP contribution in [0.3, 0.4) is 0 Å². The van der Waals surface area contributed by atoms with Crippen LogP contribution in [0.5, 0.6) is 5.75 Å². The predicted octanol–water partition coefficient (Wildman–Crippen LogP) is 6.54. The minimum atomic E-state index is -0.232. The molecule has 1 aromatic heterocycles. The number of amides is 1. The number of rotatable bonds is 5. The van der Waals surface area contributed by atoms with E-state index in [1.54, 1.807) is 37.5 Å². The van der Waals surface area contributed by atoms with Gasteiger partial charge in [0.15, 0.2) is 0 Å². The highest BCUT2D eigenvalue weighted by atomic mass is 32.2. The van der Waals surface area contributed by atoms with E-state index in [9.17, 15) is 9.59 Å².